The fraction of sp³-hybridized carbons (Fsp3) is 0.571. The van der Waals surface area contributed by atoms with E-state index < -0.39 is 0 Å². The summed E-state index contributed by atoms with van der Waals surface area (Å²) in [6.07, 6.45) is 5.88. The van der Waals surface area contributed by atoms with E-state index in [1.54, 1.807) is 6.33 Å². The molecule has 2 heterocycles. The highest BCUT2D eigenvalue weighted by Gasteiger charge is 2.15. The van der Waals surface area contributed by atoms with Crippen LogP contribution in [0.25, 0.3) is 11.0 Å². The third kappa shape index (κ3) is 3.04. The Balaban J connectivity index is 2.32. The lowest BCUT2D eigenvalue weighted by Crippen LogP contribution is -2.05. The second-order valence-electron chi connectivity index (χ2n) is 4.57. The molecule has 0 radical (unpaired) electrons. The number of hydrogen-bond acceptors (Lipinski definition) is 4. The molecule has 0 amide bonds. The van der Waals surface area contributed by atoms with Gasteiger partial charge in [0.2, 0.25) is 0 Å². The largest absolute Gasteiger partial charge is 0.374 e. The molecule has 19 heavy (non-hydrogen) atoms. The summed E-state index contributed by atoms with van der Waals surface area (Å²) in [5.41, 5.74) is 1.96. The molecule has 0 spiro atoms. The molecule has 0 aliphatic rings. The molecule has 0 aliphatic carbocycles. The molecule has 2 N–H and O–H groups in total. The molecule has 104 valence electrons. The molecule has 0 bridgehead atoms. The summed E-state index contributed by atoms with van der Waals surface area (Å²) in [5.74, 6) is 0.890. The minimum Gasteiger partial charge on any atom is -0.374 e. The minimum absolute atomic E-state index is 0.0384. The van der Waals surface area contributed by atoms with Gasteiger partial charge in [0.05, 0.1) is 11.5 Å². The number of aromatic nitrogens is 3. The summed E-state index contributed by atoms with van der Waals surface area (Å²) in [6.45, 7) is 7.85. The van der Waals surface area contributed by atoms with Crippen LogP contribution in [0.3, 0.4) is 0 Å². The van der Waals surface area contributed by atoms with Crippen molar-refractivity contribution in [2.24, 2.45) is 0 Å². The summed E-state index contributed by atoms with van der Waals surface area (Å²) in [4.78, 5) is 11.8. The Hall–Kier alpha value is -1.62. The van der Waals surface area contributed by atoms with E-state index in [4.69, 9.17) is 4.74 Å². The first-order valence-electron chi connectivity index (χ1n) is 6.95. The third-order valence-corrected chi connectivity index (χ3v) is 3.18. The number of anilines is 1. The second kappa shape index (κ2) is 6.52. The van der Waals surface area contributed by atoms with Crippen molar-refractivity contribution in [3.63, 3.8) is 0 Å². The Morgan fingerprint density at radius 2 is 2.21 bits per heavy atom. The molecule has 2 rings (SSSR count). The summed E-state index contributed by atoms with van der Waals surface area (Å²) < 4.78 is 5.67. The first-order chi connectivity index (χ1) is 9.27. The van der Waals surface area contributed by atoms with Gasteiger partial charge in [-0.3, -0.25) is 0 Å². The predicted molar refractivity (Wildman–Crippen MR) is 77.3 cm³/mol. The molecule has 5 heteroatoms. The molecule has 0 saturated heterocycles. The van der Waals surface area contributed by atoms with Gasteiger partial charge in [0.15, 0.2) is 0 Å². The molecule has 0 fully saturated rings. The Morgan fingerprint density at radius 3 is 2.95 bits per heavy atom. The maximum atomic E-state index is 5.67. The van der Waals surface area contributed by atoms with Crippen LogP contribution in [-0.2, 0) is 4.74 Å². The summed E-state index contributed by atoms with van der Waals surface area (Å²) in [5, 5.41) is 4.43. The van der Waals surface area contributed by atoms with Crippen LogP contribution in [0.15, 0.2) is 12.5 Å². The van der Waals surface area contributed by atoms with Crippen LogP contribution in [0.1, 0.15) is 45.3 Å². The first-order valence-corrected chi connectivity index (χ1v) is 6.95. The number of rotatable bonds is 7. The van der Waals surface area contributed by atoms with Crippen LogP contribution in [0.2, 0.25) is 0 Å². The number of unbranched alkanes of at least 4 members (excludes halogenated alkanes) is 1. The molecule has 1 atom stereocenters. The molecule has 2 aromatic heterocycles. The van der Waals surface area contributed by atoms with E-state index in [1.807, 2.05) is 13.1 Å². The van der Waals surface area contributed by atoms with Crippen molar-refractivity contribution in [1.29, 1.82) is 0 Å². The third-order valence-electron chi connectivity index (χ3n) is 3.18. The fourth-order valence-electron chi connectivity index (χ4n) is 2.16. The lowest BCUT2D eigenvalue weighted by molar-refractivity contribution is 0.0774. The van der Waals surface area contributed by atoms with Crippen molar-refractivity contribution in [3.8, 4) is 0 Å². The van der Waals surface area contributed by atoms with Gasteiger partial charge in [-0.05, 0) is 20.3 Å². The van der Waals surface area contributed by atoms with Gasteiger partial charge in [-0.25, -0.2) is 9.97 Å². The Morgan fingerprint density at radius 1 is 1.37 bits per heavy atom. The first kappa shape index (κ1) is 13.8. The average Bonchev–Trinajstić information content (AvgIpc) is 2.84. The number of H-pyrrole nitrogens is 1. The zero-order valence-corrected chi connectivity index (χ0v) is 11.9. The molecule has 1 unspecified atom stereocenters. The van der Waals surface area contributed by atoms with E-state index in [9.17, 15) is 0 Å². The maximum absolute atomic E-state index is 5.67. The maximum Gasteiger partial charge on any atom is 0.143 e. The van der Waals surface area contributed by atoms with Crippen LogP contribution >= 0.6 is 0 Å². The minimum atomic E-state index is 0.0384. The molecular weight excluding hydrogens is 240 g/mol. The lowest BCUT2D eigenvalue weighted by Gasteiger charge is -2.12. The topological polar surface area (TPSA) is 62.8 Å². The van der Waals surface area contributed by atoms with E-state index in [-0.39, 0.29) is 6.10 Å². The Kier molecular flexibility index (Phi) is 4.74. The molecule has 0 saturated carbocycles. The average molecular weight is 262 g/mol. The van der Waals surface area contributed by atoms with Crippen molar-refractivity contribution in [2.45, 2.75) is 39.7 Å². The van der Waals surface area contributed by atoms with Crippen molar-refractivity contribution in [1.82, 2.24) is 15.0 Å². The van der Waals surface area contributed by atoms with E-state index in [1.165, 1.54) is 0 Å². The van der Waals surface area contributed by atoms with Crippen molar-refractivity contribution >= 4 is 16.9 Å². The van der Waals surface area contributed by atoms with Gasteiger partial charge in [-0.1, -0.05) is 13.3 Å². The van der Waals surface area contributed by atoms with Gasteiger partial charge in [0.25, 0.3) is 0 Å². The van der Waals surface area contributed by atoms with Crippen LogP contribution < -0.4 is 5.32 Å². The Bertz CT molecular complexity index is 523. The van der Waals surface area contributed by atoms with Crippen LogP contribution in [-0.4, -0.2) is 28.1 Å². The number of nitrogens with zero attached hydrogens (tertiary/aromatic N) is 2. The van der Waals surface area contributed by atoms with E-state index in [0.29, 0.717) is 6.61 Å². The lowest BCUT2D eigenvalue weighted by atomic mass is 10.1. The van der Waals surface area contributed by atoms with Crippen molar-refractivity contribution < 1.29 is 4.74 Å². The zero-order chi connectivity index (χ0) is 13.7. The van der Waals surface area contributed by atoms with Crippen LogP contribution in [0, 0.1) is 0 Å². The highest BCUT2D eigenvalue weighted by Crippen LogP contribution is 2.29. The SMILES string of the molecule is CCCCNc1ncnc2[nH]cc(C(C)OCC)c12. The summed E-state index contributed by atoms with van der Waals surface area (Å²) in [7, 11) is 0. The highest BCUT2D eigenvalue weighted by molar-refractivity contribution is 5.90. The molecule has 5 nitrogen and oxygen atoms in total. The smallest absolute Gasteiger partial charge is 0.143 e. The van der Waals surface area contributed by atoms with Gasteiger partial charge in [0.1, 0.15) is 17.8 Å². The number of aromatic amines is 1. The normalized spacial score (nSPS) is 12.8. The quantitative estimate of drug-likeness (QED) is 0.752. The molecule has 0 aliphatic heterocycles. The number of hydrogen-bond donors (Lipinski definition) is 2. The predicted octanol–water partition coefficient (Wildman–Crippen LogP) is 3.27. The summed E-state index contributed by atoms with van der Waals surface area (Å²) >= 11 is 0. The van der Waals surface area contributed by atoms with E-state index in [0.717, 1.165) is 41.8 Å². The van der Waals surface area contributed by atoms with Crippen LogP contribution in [0.5, 0.6) is 0 Å². The van der Waals surface area contributed by atoms with E-state index >= 15 is 0 Å². The fourth-order valence-corrected chi connectivity index (χ4v) is 2.16. The van der Waals surface area contributed by atoms with Gasteiger partial charge >= 0.3 is 0 Å². The number of fused-ring (bicyclic) bond motifs is 1. The van der Waals surface area contributed by atoms with Crippen molar-refractivity contribution in [3.05, 3.63) is 18.1 Å². The zero-order valence-electron chi connectivity index (χ0n) is 11.9. The molecule has 0 aromatic carbocycles. The summed E-state index contributed by atoms with van der Waals surface area (Å²) in [6, 6.07) is 0. The van der Waals surface area contributed by atoms with Gasteiger partial charge in [0, 0.05) is 24.9 Å². The molecule has 2 aromatic rings. The Labute approximate surface area is 113 Å². The van der Waals surface area contributed by atoms with E-state index in [2.05, 4.69) is 34.1 Å². The monoisotopic (exact) mass is 262 g/mol. The number of ether oxygens (including phenoxy) is 1. The molecular formula is C14H22N4O. The second-order valence-corrected chi connectivity index (χ2v) is 4.57. The highest BCUT2D eigenvalue weighted by atomic mass is 16.5. The van der Waals surface area contributed by atoms with Crippen LogP contribution in [0.4, 0.5) is 5.82 Å². The number of nitrogens with one attached hydrogen (secondary N) is 2. The van der Waals surface area contributed by atoms with Gasteiger partial charge in [-0.2, -0.15) is 0 Å². The van der Waals surface area contributed by atoms with Gasteiger partial charge < -0.3 is 15.0 Å². The standard InChI is InChI=1S/C14H22N4O/c1-4-6-7-15-13-12-11(10(3)19-5-2)8-16-14(12)18-9-17-13/h8-10H,4-7H2,1-3H3,(H2,15,16,17,18). The van der Waals surface area contributed by atoms with Crippen molar-refractivity contribution in [2.75, 3.05) is 18.5 Å². The van der Waals surface area contributed by atoms with Gasteiger partial charge in [-0.15, -0.1) is 0 Å².